The Morgan fingerprint density at radius 1 is 0.963 bits per heavy atom. The van der Waals surface area contributed by atoms with Gasteiger partial charge in [0.05, 0.1) is 13.2 Å². The molecule has 1 unspecified atom stereocenters. The van der Waals surface area contributed by atoms with Crippen molar-refractivity contribution in [2.24, 2.45) is 0 Å². The minimum absolute atomic E-state index is 0.296. The molecule has 1 atom stereocenters. The Hall–Kier alpha value is -2.04. The predicted octanol–water partition coefficient (Wildman–Crippen LogP) is 3.43. The maximum atomic E-state index is 10.4. The van der Waals surface area contributed by atoms with E-state index >= 15 is 0 Å². The zero-order chi connectivity index (χ0) is 19.2. The molecule has 146 valence electrons. The van der Waals surface area contributed by atoms with Crippen LogP contribution in [0, 0.1) is 13.8 Å². The molecule has 0 bridgehead atoms. The number of benzene rings is 2. The first-order chi connectivity index (χ1) is 13.1. The standard InChI is InChI=1S/C23H32N2O2/c1-18-5-4-6-19(2)23(18)25-15-13-24(14-16-25)12-11-21(26)17-20-7-9-22(27-3)10-8-20/h4-10,21,26H,11-17H2,1-3H3. The van der Waals surface area contributed by atoms with Crippen molar-refractivity contribution in [2.45, 2.75) is 32.8 Å². The summed E-state index contributed by atoms with van der Waals surface area (Å²) in [6.45, 7) is 9.58. The normalized spacial score (nSPS) is 16.4. The molecule has 3 rings (SSSR count). The third-order valence-electron chi connectivity index (χ3n) is 5.54. The minimum Gasteiger partial charge on any atom is -0.497 e. The number of nitrogens with zero attached hydrogens (tertiary/aromatic N) is 2. The Kier molecular flexibility index (Phi) is 6.75. The van der Waals surface area contributed by atoms with Gasteiger partial charge < -0.3 is 14.7 Å². The third kappa shape index (κ3) is 5.24. The molecule has 2 aromatic carbocycles. The summed E-state index contributed by atoms with van der Waals surface area (Å²) >= 11 is 0. The number of anilines is 1. The van der Waals surface area contributed by atoms with Crippen LogP contribution in [0.2, 0.25) is 0 Å². The first kappa shape index (κ1) is 19.7. The van der Waals surface area contributed by atoms with Gasteiger partial charge in [0.2, 0.25) is 0 Å². The van der Waals surface area contributed by atoms with Crippen LogP contribution < -0.4 is 9.64 Å². The summed E-state index contributed by atoms with van der Waals surface area (Å²) in [5, 5.41) is 10.4. The Morgan fingerprint density at radius 3 is 2.19 bits per heavy atom. The van der Waals surface area contributed by atoms with Crippen molar-refractivity contribution < 1.29 is 9.84 Å². The fraction of sp³-hybridized carbons (Fsp3) is 0.478. The van der Waals surface area contributed by atoms with Crippen LogP contribution in [0.3, 0.4) is 0 Å². The van der Waals surface area contributed by atoms with E-state index < -0.39 is 0 Å². The van der Waals surface area contributed by atoms with E-state index in [2.05, 4.69) is 41.8 Å². The van der Waals surface area contributed by atoms with Crippen LogP contribution in [0.4, 0.5) is 5.69 Å². The van der Waals surface area contributed by atoms with Crippen molar-refractivity contribution in [1.82, 2.24) is 4.90 Å². The maximum absolute atomic E-state index is 10.4. The highest BCUT2D eigenvalue weighted by Gasteiger charge is 2.20. The minimum atomic E-state index is -0.296. The van der Waals surface area contributed by atoms with Gasteiger partial charge in [0, 0.05) is 38.4 Å². The molecule has 1 N–H and O–H groups in total. The van der Waals surface area contributed by atoms with Crippen molar-refractivity contribution in [3.05, 3.63) is 59.2 Å². The summed E-state index contributed by atoms with van der Waals surface area (Å²) in [5.41, 5.74) is 5.27. The molecule has 1 saturated heterocycles. The molecular weight excluding hydrogens is 336 g/mol. The van der Waals surface area contributed by atoms with Crippen molar-refractivity contribution in [3.8, 4) is 5.75 Å². The number of methoxy groups -OCH3 is 1. The lowest BCUT2D eigenvalue weighted by atomic mass is 10.0. The van der Waals surface area contributed by atoms with E-state index in [1.165, 1.54) is 16.8 Å². The largest absolute Gasteiger partial charge is 0.497 e. The summed E-state index contributed by atoms with van der Waals surface area (Å²) in [4.78, 5) is 4.98. The van der Waals surface area contributed by atoms with Crippen molar-refractivity contribution in [1.29, 1.82) is 0 Å². The second kappa shape index (κ2) is 9.25. The van der Waals surface area contributed by atoms with Crippen LogP contribution >= 0.6 is 0 Å². The molecule has 2 aromatic rings. The molecule has 0 spiro atoms. The van der Waals surface area contributed by atoms with Crippen LogP contribution in [-0.4, -0.2) is 55.9 Å². The summed E-state index contributed by atoms with van der Waals surface area (Å²) in [5.74, 6) is 0.856. The lowest BCUT2D eigenvalue weighted by Crippen LogP contribution is -2.47. The molecule has 0 saturated carbocycles. The Morgan fingerprint density at radius 2 is 1.59 bits per heavy atom. The fourth-order valence-electron chi connectivity index (χ4n) is 3.97. The second-order valence-corrected chi connectivity index (χ2v) is 7.56. The third-order valence-corrected chi connectivity index (χ3v) is 5.54. The molecule has 0 aromatic heterocycles. The number of piperazine rings is 1. The monoisotopic (exact) mass is 368 g/mol. The zero-order valence-electron chi connectivity index (χ0n) is 16.8. The Balaban J connectivity index is 1.43. The summed E-state index contributed by atoms with van der Waals surface area (Å²) in [6, 6.07) is 14.5. The van der Waals surface area contributed by atoms with Gasteiger partial charge in [-0.2, -0.15) is 0 Å². The van der Waals surface area contributed by atoms with Gasteiger partial charge in [-0.15, -0.1) is 0 Å². The van der Waals surface area contributed by atoms with Gasteiger partial charge in [-0.25, -0.2) is 0 Å². The first-order valence-corrected chi connectivity index (χ1v) is 9.91. The van der Waals surface area contributed by atoms with Crippen LogP contribution in [0.1, 0.15) is 23.1 Å². The van der Waals surface area contributed by atoms with Gasteiger partial charge >= 0.3 is 0 Å². The number of ether oxygens (including phenoxy) is 1. The van der Waals surface area contributed by atoms with Crippen molar-refractivity contribution in [3.63, 3.8) is 0 Å². The van der Waals surface area contributed by atoms with Crippen LogP contribution in [0.5, 0.6) is 5.75 Å². The topological polar surface area (TPSA) is 35.9 Å². The molecule has 0 radical (unpaired) electrons. The molecule has 1 fully saturated rings. The van der Waals surface area contributed by atoms with E-state index in [0.29, 0.717) is 6.42 Å². The molecule has 0 amide bonds. The molecule has 0 aliphatic carbocycles. The van der Waals surface area contributed by atoms with Gasteiger partial charge in [-0.05, 0) is 55.5 Å². The molecular formula is C23H32N2O2. The molecule has 27 heavy (non-hydrogen) atoms. The lowest BCUT2D eigenvalue weighted by Gasteiger charge is -2.37. The second-order valence-electron chi connectivity index (χ2n) is 7.56. The van der Waals surface area contributed by atoms with Crippen LogP contribution in [-0.2, 0) is 6.42 Å². The summed E-state index contributed by atoms with van der Waals surface area (Å²) < 4.78 is 5.18. The number of hydrogen-bond donors (Lipinski definition) is 1. The molecule has 1 aliphatic heterocycles. The molecule has 4 heteroatoms. The number of para-hydroxylation sites is 1. The van der Waals surface area contributed by atoms with Crippen molar-refractivity contribution in [2.75, 3.05) is 44.7 Å². The van der Waals surface area contributed by atoms with E-state index in [-0.39, 0.29) is 6.10 Å². The first-order valence-electron chi connectivity index (χ1n) is 9.91. The average Bonchev–Trinajstić information content (AvgIpc) is 2.68. The highest BCUT2D eigenvalue weighted by Crippen LogP contribution is 2.25. The highest BCUT2D eigenvalue weighted by molar-refractivity contribution is 5.59. The SMILES string of the molecule is COc1ccc(CC(O)CCN2CCN(c3c(C)cccc3C)CC2)cc1. The predicted molar refractivity (Wildman–Crippen MR) is 112 cm³/mol. The van der Waals surface area contributed by atoms with E-state index in [9.17, 15) is 5.11 Å². The van der Waals surface area contributed by atoms with Crippen molar-refractivity contribution >= 4 is 5.69 Å². The van der Waals surface area contributed by atoms with E-state index in [1.807, 2.05) is 24.3 Å². The van der Waals surface area contributed by atoms with Gasteiger partial charge in [-0.1, -0.05) is 30.3 Å². The molecule has 1 aliphatic rings. The number of aliphatic hydroxyl groups is 1. The molecule has 1 heterocycles. The Bertz CT molecular complexity index is 701. The van der Waals surface area contributed by atoms with Gasteiger partial charge in [0.15, 0.2) is 0 Å². The summed E-state index contributed by atoms with van der Waals surface area (Å²) in [6.07, 6.45) is 1.22. The number of aliphatic hydroxyl groups excluding tert-OH is 1. The highest BCUT2D eigenvalue weighted by atomic mass is 16.5. The quantitative estimate of drug-likeness (QED) is 0.812. The Labute approximate surface area is 163 Å². The number of rotatable bonds is 7. The molecule has 4 nitrogen and oxygen atoms in total. The van der Waals surface area contributed by atoms with Gasteiger partial charge in [-0.3, -0.25) is 4.90 Å². The van der Waals surface area contributed by atoms with Gasteiger partial charge in [0.25, 0.3) is 0 Å². The lowest BCUT2D eigenvalue weighted by molar-refractivity contribution is 0.138. The number of aryl methyl sites for hydroxylation is 2. The van der Waals surface area contributed by atoms with E-state index in [1.54, 1.807) is 7.11 Å². The van der Waals surface area contributed by atoms with Crippen LogP contribution in [0.25, 0.3) is 0 Å². The zero-order valence-corrected chi connectivity index (χ0v) is 16.8. The fourth-order valence-corrected chi connectivity index (χ4v) is 3.97. The summed E-state index contributed by atoms with van der Waals surface area (Å²) in [7, 11) is 1.67. The maximum Gasteiger partial charge on any atom is 0.118 e. The van der Waals surface area contributed by atoms with E-state index in [0.717, 1.165) is 50.5 Å². The van der Waals surface area contributed by atoms with Gasteiger partial charge in [0.1, 0.15) is 5.75 Å². The van der Waals surface area contributed by atoms with Crippen LogP contribution in [0.15, 0.2) is 42.5 Å². The van der Waals surface area contributed by atoms with E-state index in [4.69, 9.17) is 4.74 Å². The average molecular weight is 369 g/mol. The smallest absolute Gasteiger partial charge is 0.118 e. The number of hydrogen-bond acceptors (Lipinski definition) is 4.